The number of pyridine rings is 1. The van der Waals surface area contributed by atoms with E-state index in [9.17, 15) is 33.6 Å². The minimum absolute atomic E-state index is 0.0592. The highest BCUT2D eigenvalue weighted by Gasteiger charge is 2.36. The van der Waals surface area contributed by atoms with Crippen LogP contribution in [0.25, 0.3) is 16.6 Å². The molecule has 3 aliphatic heterocycles. The summed E-state index contributed by atoms with van der Waals surface area (Å²) in [5.41, 5.74) is 1.58. The Balaban J connectivity index is 0.736. The first-order valence-electron chi connectivity index (χ1n) is 25.0. The van der Waals surface area contributed by atoms with Gasteiger partial charge in [-0.05, 0) is 147 Å². The lowest BCUT2D eigenvalue weighted by molar-refractivity contribution is -0.139. The lowest BCUT2D eigenvalue weighted by Crippen LogP contribution is -2.52. The fourth-order valence-electron chi connectivity index (χ4n) is 11.2. The first kappa shape index (κ1) is 48.5. The van der Waals surface area contributed by atoms with Crippen molar-refractivity contribution in [3.8, 4) is 5.69 Å². The SMILES string of the molecule is Cc1c(=O)n(C)c(Nc2ccc(I)cc2F)c2c(=O)n(C3CC3)c(=O)n(-c3cccc(NC(=O)C4CCC(C(=O)N5CCN(CC6CCN(c7ccc(C8CCC(=O)NC8=O)cc7)CC6)CC5)CC4)c3)c12. The fourth-order valence-corrected chi connectivity index (χ4v) is 11.7. The van der Waals surface area contributed by atoms with Gasteiger partial charge in [-0.3, -0.25) is 52.7 Å². The van der Waals surface area contributed by atoms with Gasteiger partial charge in [-0.1, -0.05) is 18.2 Å². The average Bonchev–Trinajstić information content (AvgIpc) is 4.21. The van der Waals surface area contributed by atoms with E-state index in [1.807, 2.05) is 39.6 Å². The van der Waals surface area contributed by atoms with E-state index in [0.717, 1.165) is 56.8 Å². The number of nitrogens with zero attached hydrogens (tertiary/aromatic N) is 6. The number of hydrogen-bond donors (Lipinski definition) is 3. The molecule has 0 radical (unpaired) electrons. The van der Waals surface area contributed by atoms with E-state index < -0.39 is 22.6 Å². The largest absolute Gasteiger partial charge is 0.372 e. The number of benzene rings is 3. The van der Waals surface area contributed by atoms with Crippen LogP contribution in [0, 0.1) is 34.1 Å². The van der Waals surface area contributed by atoms with E-state index in [-0.39, 0.29) is 75.4 Å². The number of rotatable bonds is 11. The number of amides is 4. The molecule has 16 nitrogen and oxygen atoms in total. The van der Waals surface area contributed by atoms with Gasteiger partial charge in [0.15, 0.2) is 0 Å². The van der Waals surface area contributed by atoms with Crippen LogP contribution in [-0.4, -0.2) is 92.9 Å². The van der Waals surface area contributed by atoms with Crippen molar-refractivity contribution in [2.75, 3.05) is 61.3 Å². The molecule has 5 fully saturated rings. The summed E-state index contributed by atoms with van der Waals surface area (Å²) in [7, 11) is 1.50. The van der Waals surface area contributed by atoms with Crippen LogP contribution in [0.5, 0.6) is 0 Å². The van der Waals surface area contributed by atoms with E-state index in [2.05, 4.69) is 37.9 Å². The first-order valence-corrected chi connectivity index (χ1v) is 26.0. The average molecular weight is 1080 g/mol. The molecule has 71 heavy (non-hydrogen) atoms. The Morgan fingerprint density at radius 2 is 1.48 bits per heavy atom. The van der Waals surface area contributed by atoms with Gasteiger partial charge in [0.25, 0.3) is 11.1 Å². The quantitative estimate of drug-likeness (QED) is 0.100. The van der Waals surface area contributed by atoms with Crippen LogP contribution in [-0.2, 0) is 26.2 Å². The lowest BCUT2D eigenvalue weighted by Gasteiger charge is -2.40. The van der Waals surface area contributed by atoms with Crippen LogP contribution in [0.3, 0.4) is 0 Å². The van der Waals surface area contributed by atoms with Crippen molar-refractivity contribution in [2.45, 2.75) is 83.1 Å². The third kappa shape index (κ3) is 9.93. The molecule has 18 heteroatoms. The van der Waals surface area contributed by atoms with E-state index in [0.29, 0.717) is 85.3 Å². The topological polar surface area (TPSA) is 180 Å². The van der Waals surface area contributed by atoms with Crippen LogP contribution in [0.4, 0.5) is 27.3 Å². The zero-order chi connectivity index (χ0) is 49.7. The molecule has 5 heterocycles. The number of carbonyl (C=O) groups is 4. The van der Waals surface area contributed by atoms with Crippen molar-refractivity contribution in [1.82, 2.24) is 28.8 Å². The molecule has 3 aromatic carbocycles. The number of anilines is 4. The van der Waals surface area contributed by atoms with Gasteiger partial charge in [-0.25, -0.2) is 9.18 Å². The number of imide groups is 1. The van der Waals surface area contributed by atoms with Crippen LogP contribution in [0.1, 0.15) is 87.3 Å². The fraction of sp³-hybridized carbons (Fsp3) is 0.453. The number of aryl methyl sites for hydroxylation is 1. The molecule has 0 bridgehead atoms. The summed E-state index contributed by atoms with van der Waals surface area (Å²) in [6, 6.07) is 19.3. The number of hydrogen-bond acceptors (Lipinski definition) is 10. The molecule has 5 aromatic rings. The number of aromatic nitrogens is 3. The molecule has 1 atom stereocenters. The highest BCUT2D eigenvalue weighted by atomic mass is 127. The van der Waals surface area contributed by atoms with Crippen molar-refractivity contribution in [3.05, 3.63) is 118 Å². The van der Waals surface area contributed by atoms with Gasteiger partial charge in [-0.15, -0.1) is 0 Å². The second-order valence-corrected chi connectivity index (χ2v) is 21.3. The van der Waals surface area contributed by atoms with Gasteiger partial charge in [-0.2, -0.15) is 0 Å². The zero-order valence-corrected chi connectivity index (χ0v) is 42.2. The van der Waals surface area contributed by atoms with E-state index in [4.69, 9.17) is 0 Å². The van der Waals surface area contributed by atoms with Gasteiger partial charge >= 0.3 is 5.69 Å². The minimum atomic E-state index is -0.605. The number of piperazine rings is 1. The van der Waals surface area contributed by atoms with Gasteiger partial charge in [0, 0.05) is 97.7 Å². The summed E-state index contributed by atoms with van der Waals surface area (Å²) in [6.45, 7) is 7.59. The molecule has 372 valence electrons. The molecule has 10 rings (SSSR count). The number of halogens is 2. The normalized spacial score (nSPS) is 21.3. The predicted molar refractivity (Wildman–Crippen MR) is 278 cm³/mol. The van der Waals surface area contributed by atoms with Gasteiger partial charge in [0.05, 0.1) is 22.8 Å². The van der Waals surface area contributed by atoms with Crippen molar-refractivity contribution < 1.29 is 23.6 Å². The van der Waals surface area contributed by atoms with Crippen LogP contribution in [0.15, 0.2) is 81.1 Å². The molecule has 4 amide bonds. The molecule has 2 aromatic heterocycles. The highest BCUT2D eigenvalue weighted by molar-refractivity contribution is 14.1. The molecular formula is C53H59FIN9O7. The lowest BCUT2D eigenvalue weighted by atomic mass is 9.80. The van der Waals surface area contributed by atoms with Gasteiger partial charge < -0.3 is 20.4 Å². The van der Waals surface area contributed by atoms with Gasteiger partial charge in [0.2, 0.25) is 23.6 Å². The predicted octanol–water partition coefficient (Wildman–Crippen LogP) is 6.31. The molecule has 1 unspecified atom stereocenters. The summed E-state index contributed by atoms with van der Waals surface area (Å²) in [5.74, 6) is -1.05. The van der Waals surface area contributed by atoms with Crippen molar-refractivity contribution >= 4 is 80.0 Å². The molecule has 3 saturated heterocycles. The van der Waals surface area contributed by atoms with Crippen LogP contribution >= 0.6 is 22.6 Å². The van der Waals surface area contributed by atoms with Crippen molar-refractivity contribution in [1.29, 1.82) is 0 Å². The zero-order valence-electron chi connectivity index (χ0n) is 40.1. The van der Waals surface area contributed by atoms with Crippen molar-refractivity contribution in [2.24, 2.45) is 24.8 Å². The molecule has 0 spiro atoms. The Labute approximate surface area is 423 Å². The number of nitrogens with one attached hydrogen (secondary N) is 3. The minimum Gasteiger partial charge on any atom is -0.372 e. The molecule has 2 aliphatic carbocycles. The smallest absolute Gasteiger partial charge is 0.336 e. The first-order chi connectivity index (χ1) is 34.2. The Bertz CT molecular complexity index is 3110. The van der Waals surface area contributed by atoms with Gasteiger partial charge in [0.1, 0.15) is 17.0 Å². The Hall–Kier alpha value is -6.15. The maximum Gasteiger partial charge on any atom is 0.336 e. The number of fused-ring (bicyclic) bond motifs is 1. The molecule has 2 saturated carbocycles. The Morgan fingerprint density at radius 3 is 2.15 bits per heavy atom. The number of carbonyl (C=O) groups excluding carboxylic acids is 4. The standard InChI is InChI=1S/C53H59FIN9O7/c1-31-46-45(47(59(2)50(31)68)57-43-18-12-36(55)28-42(43)54)52(70)64(39-15-16-39)53(71)63(46)40-5-3-4-37(29-40)56-48(66)34-6-8-35(9-7-34)51(69)62-26-24-60(25-27-62)30-32-20-22-61(23-21-32)38-13-10-33(11-14-38)41-17-19-44(65)58-49(41)67/h3-5,10-14,18,28-29,32,34-35,39,41,57H,6-9,15-17,19-27,30H2,1-2H3,(H,56,66)(H,58,65,67). The summed E-state index contributed by atoms with van der Waals surface area (Å²) in [4.78, 5) is 101. The third-order valence-electron chi connectivity index (χ3n) is 15.5. The summed E-state index contributed by atoms with van der Waals surface area (Å²) >= 11 is 2.00. The molecule has 5 aliphatic rings. The summed E-state index contributed by atoms with van der Waals surface area (Å²) < 4.78 is 19.7. The highest BCUT2D eigenvalue weighted by Crippen LogP contribution is 2.36. The summed E-state index contributed by atoms with van der Waals surface area (Å²) in [5, 5.41) is 8.56. The monoisotopic (exact) mass is 1080 g/mol. The molecule has 3 N–H and O–H groups in total. The van der Waals surface area contributed by atoms with E-state index >= 15 is 4.39 Å². The van der Waals surface area contributed by atoms with Crippen LogP contribution < -0.4 is 37.7 Å². The maximum absolute atomic E-state index is 15.2. The second kappa shape index (κ2) is 20.2. The third-order valence-corrected chi connectivity index (χ3v) is 16.1. The summed E-state index contributed by atoms with van der Waals surface area (Å²) in [6.07, 6.45) is 6.75. The number of piperidine rings is 2. The van der Waals surface area contributed by atoms with E-state index in [1.54, 1.807) is 37.3 Å². The Kier molecular flexibility index (Phi) is 13.8. The van der Waals surface area contributed by atoms with Crippen LogP contribution in [0.2, 0.25) is 0 Å². The van der Waals surface area contributed by atoms with Crippen molar-refractivity contribution in [3.63, 3.8) is 0 Å². The molecular weight excluding hydrogens is 1020 g/mol. The van der Waals surface area contributed by atoms with E-state index in [1.165, 1.54) is 32.9 Å². The second-order valence-electron chi connectivity index (χ2n) is 20.1. The Morgan fingerprint density at radius 1 is 0.775 bits per heavy atom. The maximum atomic E-state index is 15.2.